The van der Waals surface area contributed by atoms with Crippen molar-refractivity contribution < 1.29 is 14.3 Å². The Hall–Kier alpha value is -3.47. The van der Waals surface area contributed by atoms with Crippen LogP contribution in [0.5, 0.6) is 11.5 Å². The molecule has 0 aromatic heterocycles. The SMILES string of the molecule is COc1ccccc1N1CCN(C(=O)c2ccccc2COc2ccccc2)CC1. The van der Waals surface area contributed by atoms with Gasteiger partial charge < -0.3 is 19.3 Å². The molecule has 0 bridgehead atoms. The summed E-state index contributed by atoms with van der Waals surface area (Å²) in [6.45, 7) is 3.26. The highest BCUT2D eigenvalue weighted by molar-refractivity contribution is 5.95. The molecule has 0 spiro atoms. The summed E-state index contributed by atoms with van der Waals surface area (Å²) in [5, 5.41) is 0. The van der Waals surface area contributed by atoms with Crippen LogP contribution in [0.2, 0.25) is 0 Å². The number of benzene rings is 3. The molecule has 154 valence electrons. The van der Waals surface area contributed by atoms with E-state index >= 15 is 0 Å². The summed E-state index contributed by atoms with van der Waals surface area (Å²) in [4.78, 5) is 17.4. The first-order valence-electron chi connectivity index (χ1n) is 10.2. The Balaban J connectivity index is 1.42. The van der Waals surface area contributed by atoms with Crippen LogP contribution in [0, 0.1) is 0 Å². The molecule has 1 saturated heterocycles. The van der Waals surface area contributed by atoms with E-state index in [-0.39, 0.29) is 5.91 Å². The minimum absolute atomic E-state index is 0.0574. The van der Waals surface area contributed by atoms with Crippen molar-refractivity contribution in [3.8, 4) is 11.5 Å². The Morgan fingerprint density at radius 3 is 2.27 bits per heavy atom. The van der Waals surface area contributed by atoms with Crippen LogP contribution in [0.15, 0.2) is 78.9 Å². The van der Waals surface area contributed by atoms with Crippen LogP contribution in [0.4, 0.5) is 5.69 Å². The number of rotatable bonds is 6. The summed E-state index contributed by atoms with van der Waals surface area (Å²) in [6, 6.07) is 25.4. The van der Waals surface area contributed by atoms with Gasteiger partial charge in [-0.25, -0.2) is 0 Å². The van der Waals surface area contributed by atoms with E-state index in [0.717, 1.165) is 35.8 Å². The summed E-state index contributed by atoms with van der Waals surface area (Å²) in [6.07, 6.45) is 0. The zero-order valence-corrected chi connectivity index (χ0v) is 17.2. The third-order valence-corrected chi connectivity index (χ3v) is 5.38. The molecule has 0 unspecified atom stereocenters. The molecule has 1 fully saturated rings. The first kappa shape index (κ1) is 19.8. The topological polar surface area (TPSA) is 42.0 Å². The minimum Gasteiger partial charge on any atom is -0.495 e. The number of carbonyl (C=O) groups is 1. The molecule has 1 amide bonds. The van der Waals surface area contributed by atoms with Gasteiger partial charge in [0.25, 0.3) is 5.91 Å². The molecule has 0 radical (unpaired) electrons. The van der Waals surface area contributed by atoms with Crippen molar-refractivity contribution in [1.82, 2.24) is 4.90 Å². The number of carbonyl (C=O) groups excluding carboxylic acids is 1. The van der Waals surface area contributed by atoms with Gasteiger partial charge in [0.2, 0.25) is 0 Å². The second kappa shape index (κ2) is 9.35. The second-order valence-electron chi connectivity index (χ2n) is 7.21. The van der Waals surface area contributed by atoms with Gasteiger partial charge in [0.15, 0.2) is 0 Å². The Labute approximate surface area is 177 Å². The Kier molecular flexibility index (Phi) is 6.18. The van der Waals surface area contributed by atoms with Gasteiger partial charge in [-0.1, -0.05) is 48.5 Å². The third kappa shape index (κ3) is 4.40. The molecule has 1 aliphatic heterocycles. The maximum atomic E-state index is 13.2. The zero-order valence-electron chi connectivity index (χ0n) is 17.2. The third-order valence-electron chi connectivity index (χ3n) is 5.38. The summed E-state index contributed by atoms with van der Waals surface area (Å²) in [5.41, 5.74) is 2.68. The van der Waals surface area contributed by atoms with Crippen molar-refractivity contribution in [2.75, 3.05) is 38.2 Å². The average molecular weight is 402 g/mol. The monoisotopic (exact) mass is 402 g/mol. The van der Waals surface area contributed by atoms with Crippen molar-refractivity contribution in [3.63, 3.8) is 0 Å². The number of hydrogen-bond donors (Lipinski definition) is 0. The molecule has 3 aromatic rings. The summed E-state index contributed by atoms with van der Waals surface area (Å²) >= 11 is 0. The number of ether oxygens (including phenoxy) is 2. The van der Waals surface area contributed by atoms with Gasteiger partial charge in [-0.3, -0.25) is 4.79 Å². The van der Waals surface area contributed by atoms with Crippen LogP contribution >= 0.6 is 0 Å². The molecule has 1 aliphatic rings. The predicted molar refractivity (Wildman–Crippen MR) is 118 cm³/mol. The van der Waals surface area contributed by atoms with E-state index in [2.05, 4.69) is 11.0 Å². The van der Waals surface area contributed by atoms with Crippen molar-refractivity contribution in [3.05, 3.63) is 90.0 Å². The lowest BCUT2D eigenvalue weighted by Gasteiger charge is -2.36. The van der Waals surface area contributed by atoms with Crippen LogP contribution in [-0.2, 0) is 6.61 Å². The van der Waals surface area contributed by atoms with Gasteiger partial charge in [-0.2, -0.15) is 0 Å². The highest BCUT2D eigenvalue weighted by atomic mass is 16.5. The number of anilines is 1. The van der Waals surface area contributed by atoms with Crippen LogP contribution in [0.1, 0.15) is 15.9 Å². The fraction of sp³-hybridized carbons (Fsp3) is 0.240. The fourth-order valence-corrected chi connectivity index (χ4v) is 3.74. The first-order valence-corrected chi connectivity index (χ1v) is 10.2. The smallest absolute Gasteiger partial charge is 0.254 e. The van der Waals surface area contributed by atoms with E-state index in [9.17, 15) is 4.79 Å². The Bertz CT molecular complexity index is 982. The summed E-state index contributed by atoms with van der Waals surface area (Å²) < 4.78 is 11.4. The lowest BCUT2D eigenvalue weighted by molar-refractivity contribution is 0.0744. The van der Waals surface area contributed by atoms with Gasteiger partial charge in [-0.15, -0.1) is 0 Å². The van der Waals surface area contributed by atoms with Crippen molar-refractivity contribution in [2.45, 2.75) is 6.61 Å². The van der Waals surface area contributed by atoms with Gasteiger partial charge >= 0.3 is 0 Å². The fourth-order valence-electron chi connectivity index (χ4n) is 3.74. The zero-order chi connectivity index (χ0) is 20.8. The minimum atomic E-state index is 0.0574. The number of methoxy groups -OCH3 is 1. The molecule has 0 aliphatic carbocycles. The maximum Gasteiger partial charge on any atom is 0.254 e. The molecular formula is C25H26N2O3. The molecule has 1 heterocycles. The molecule has 4 rings (SSSR count). The molecular weight excluding hydrogens is 376 g/mol. The number of amides is 1. The van der Waals surface area contributed by atoms with E-state index in [4.69, 9.17) is 9.47 Å². The van der Waals surface area contributed by atoms with Crippen LogP contribution < -0.4 is 14.4 Å². The van der Waals surface area contributed by atoms with E-state index < -0.39 is 0 Å². The van der Waals surface area contributed by atoms with E-state index in [0.29, 0.717) is 25.3 Å². The van der Waals surface area contributed by atoms with Gasteiger partial charge in [0, 0.05) is 37.3 Å². The standard InChI is InChI=1S/C25H26N2O3/c1-29-24-14-8-7-13-23(24)26-15-17-27(18-16-26)25(28)22-12-6-5-9-20(22)19-30-21-10-3-2-4-11-21/h2-14H,15-19H2,1H3. The van der Waals surface area contributed by atoms with E-state index in [1.165, 1.54) is 0 Å². The lowest BCUT2D eigenvalue weighted by atomic mass is 10.1. The largest absolute Gasteiger partial charge is 0.495 e. The normalized spacial score (nSPS) is 13.8. The maximum absolute atomic E-state index is 13.2. The molecule has 30 heavy (non-hydrogen) atoms. The molecule has 5 nitrogen and oxygen atoms in total. The number of hydrogen-bond acceptors (Lipinski definition) is 4. The second-order valence-corrected chi connectivity index (χ2v) is 7.21. The van der Waals surface area contributed by atoms with Gasteiger partial charge in [0.05, 0.1) is 12.8 Å². The molecule has 3 aromatic carbocycles. The van der Waals surface area contributed by atoms with Crippen LogP contribution in [-0.4, -0.2) is 44.1 Å². The van der Waals surface area contributed by atoms with Crippen molar-refractivity contribution in [2.24, 2.45) is 0 Å². The lowest BCUT2D eigenvalue weighted by Crippen LogP contribution is -2.49. The Morgan fingerprint density at radius 2 is 1.50 bits per heavy atom. The highest BCUT2D eigenvalue weighted by Gasteiger charge is 2.25. The van der Waals surface area contributed by atoms with Gasteiger partial charge in [0.1, 0.15) is 18.1 Å². The van der Waals surface area contributed by atoms with Crippen LogP contribution in [0.3, 0.4) is 0 Å². The molecule has 0 atom stereocenters. The number of piperazine rings is 1. The average Bonchev–Trinajstić information content (AvgIpc) is 2.83. The van der Waals surface area contributed by atoms with Crippen molar-refractivity contribution in [1.29, 1.82) is 0 Å². The highest BCUT2D eigenvalue weighted by Crippen LogP contribution is 2.28. The molecule has 0 saturated carbocycles. The quantitative estimate of drug-likeness (QED) is 0.619. The molecule has 5 heteroatoms. The number of nitrogens with zero attached hydrogens (tertiary/aromatic N) is 2. The number of para-hydroxylation sites is 3. The summed E-state index contributed by atoms with van der Waals surface area (Å²) in [7, 11) is 1.69. The predicted octanol–water partition coefficient (Wildman–Crippen LogP) is 4.24. The van der Waals surface area contributed by atoms with E-state index in [1.807, 2.05) is 77.7 Å². The molecule has 0 N–H and O–H groups in total. The first-order chi connectivity index (χ1) is 14.8. The van der Waals surface area contributed by atoms with E-state index in [1.54, 1.807) is 7.11 Å². The Morgan fingerprint density at radius 1 is 0.833 bits per heavy atom. The summed E-state index contributed by atoms with van der Waals surface area (Å²) in [5.74, 6) is 1.72. The van der Waals surface area contributed by atoms with Crippen LogP contribution in [0.25, 0.3) is 0 Å². The van der Waals surface area contributed by atoms with Gasteiger partial charge in [-0.05, 0) is 30.3 Å². The van der Waals surface area contributed by atoms with Crippen molar-refractivity contribution >= 4 is 11.6 Å².